The van der Waals surface area contributed by atoms with E-state index in [1.807, 2.05) is 0 Å². The van der Waals surface area contributed by atoms with Crippen molar-refractivity contribution in [3.8, 4) is 0 Å². The number of methoxy groups -OCH3 is 1. The van der Waals surface area contributed by atoms with Crippen LogP contribution in [0, 0.1) is 0 Å². The van der Waals surface area contributed by atoms with Crippen LogP contribution in [-0.4, -0.2) is 49.3 Å². The van der Waals surface area contributed by atoms with Crippen molar-refractivity contribution in [1.82, 2.24) is 10.2 Å². The molecule has 3 heteroatoms. The molecule has 1 fully saturated rings. The monoisotopic (exact) mass is 214 g/mol. The van der Waals surface area contributed by atoms with Crippen LogP contribution in [-0.2, 0) is 4.74 Å². The average Bonchev–Trinajstić information content (AvgIpc) is 2.17. The van der Waals surface area contributed by atoms with E-state index in [0.717, 1.165) is 26.1 Å². The van der Waals surface area contributed by atoms with E-state index in [0.29, 0.717) is 12.1 Å². The molecule has 0 aromatic heterocycles. The SMILES string of the molecule is COC(C)(C)CC(C)N1CCNC(C)C1. The first-order valence-corrected chi connectivity index (χ1v) is 5.97. The molecule has 1 saturated heterocycles. The molecular weight excluding hydrogens is 188 g/mol. The Morgan fingerprint density at radius 2 is 2.20 bits per heavy atom. The smallest absolute Gasteiger partial charge is 0.0637 e. The summed E-state index contributed by atoms with van der Waals surface area (Å²) in [6, 6.07) is 1.22. The van der Waals surface area contributed by atoms with E-state index >= 15 is 0 Å². The van der Waals surface area contributed by atoms with Gasteiger partial charge in [-0.3, -0.25) is 4.90 Å². The molecule has 0 amide bonds. The van der Waals surface area contributed by atoms with Gasteiger partial charge in [0.15, 0.2) is 0 Å². The molecule has 1 heterocycles. The Balaban J connectivity index is 2.42. The van der Waals surface area contributed by atoms with E-state index in [2.05, 4.69) is 37.9 Å². The molecule has 0 radical (unpaired) electrons. The Morgan fingerprint density at radius 1 is 1.53 bits per heavy atom. The largest absolute Gasteiger partial charge is 0.379 e. The topological polar surface area (TPSA) is 24.5 Å². The summed E-state index contributed by atoms with van der Waals surface area (Å²) < 4.78 is 5.48. The highest BCUT2D eigenvalue weighted by Crippen LogP contribution is 2.19. The third-order valence-corrected chi connectivity index (χ3v) is 3.36. The van der Waals surface area contributed by atoms with Gasteiger partial charge in [-0.1, -0.05) is 0 Å². The zero-order valence-electron chi connectivity index (χ0n) is 10.8. The quantitative estimate of drug-likeness (QED) is 0.767. The average molecular weight is 214 g/mol. The maximum Gasteiger partial charge on any atom is 0.0637 e. The van der Waals surface area contributed by atoms with Gasteiger partial charge in [0.1, 0.15) is 0 Å². The number of nitrogens with zero attached hydrogens (tertiary/aromatic N) is 1. The molecular formula is C12H26N2O. The molecule has 90 valence electrons. The van der Waals surface area contributed by atoms with E-state index in [-0.39, 0.29) is 5.60 Å². The van der Waals surface area contributed by atoms with E-state index in [4.69, 9.17) is 4.74 Å². The van der Waals surface area contributed by atoms with Crippen molar-refractivity contribution >= 4 is 0 Å². The molecule has 15 heavy (non-hydrogen) atoms. The molecule has 2 atom stereocenters. The normalized spacial score (nSPS) is 26.6. The lowest BCUT2D eigenvalue weighted by Gasteiger charge is -2.39. The van der Waals surface area contributed by atoms with Crippen LogP contribution in [0.4, 0.5) is 0 Å². The van der Waals surface area contributed by atoms with Crippen molar-refractivity contribution in [1.29, 1.82) is 0 Å². The van der Waals surface area contributed by atoms with Crippen LogP contribution in [0.15, 0.2) is 0 Å². The van der Waals surface area contributed by atoms with Crippen LogP contribution in [0.5, 0.6) is 0 Å². The number of hydrogen-bond acceptors (Lipinski definition) is 3. The van der Waals surface area contributed by atoms with Gasteiger partial charge in [0.05, 0.1) is 5.60 Å². The number of piperazine rings is 1. The van der Waals surface area contributed by atoms with E-state index < -0.39 is 0 Å². The lowest BCUT2D eigenvalue weighted by atomic mass is 9.98. The maximum absolute atomic E-state index is 5.48. The van der Waals surface area contributed by atoms with E-state index in [1.54, 1.807) is 7.11 Å². The minimum Gasteiger partial charge on any atom is -0.379 e. The number of hydrogen-bond donors (Lipinski definition) is 1. The Bertz CT molecular complexity index is 194. The fourth-order valence-corrected chi connectivity index (χ4v) is 2.29. The third kappa shape index (κ3) is 4.09. The predicted molar refractivity (Wildman–Crippen MR) is 64.2 cm³/mol. The first kappa shape index (κ1) is 12.9. The van der Waals surface area contributed by atoms with Crippen LogP contribution in [0.25, 0.3) is 0 Å². The van der Waals surface area contributed by atoms with Crippen molar-refractivity contribution in [2.75, 3.05) is 26.7 Å². The molecule has 0 aromatic rings. The van der Waals surface area contributed by atoms with Gasteiger partial charge < -0.3 is 10.1 Å². The number of rotatable bonds is 4. The summed E-state index contributed by atoms with van der Waals surface area (Å²) in [6.07, 6.45) is 1.09. The van der Waals surface area contributed by atoms with Gasteiger partial charge in [-0.15, -0.1) is 0 Å². The van der Waals surface area contributed by atoms with Crippen molar-refractivity contribution in [2.24, 2.45) is 0 Å². The van der Waals surface area contributed by atoms with Crippen LogP contribution in [0.1, 0.15) is 34.1 Å². The van der Waals surface area contributed by atoms with Gasteiger partial charge in [0.25, 0.3) is 0 Å². The molecule has 0 spiro atoms. The standard InChI is InChI=1S/C12H26N2O/c1-10-9-14(7-6-13-10)11(2)8-12(3,4)15-5/h10-11,13H,6-9H2,1-5H3. The summed E-state index contributed by atoms with van der Waals surface area (Å²) >= 11 is 0. The van der Waals surface area contributed by atoms with E-state index in [9.17, 15) is 0 Å². The minimum atomic E-state index is -0.00642. The lowest BCUT2D eigenvalue weighted by molar-refractivity contribution is -0.00929. The zero-order valence-corrected chi connectivity index (χ0v) is 10.8. The first-order chi connectivity index (χ1) is 6.94. The summed E-state index contributed by atoms with van der Waals surface area (Å²) in [7, 11) is 1.80. The Kier molecular flexibility index (Phi) is 4.56. The Labute approximate surface area is 94.2 Å². The molecule has 1 N–H and O–H groups in total. The van der Waals surface area contributed by atoms with Gasteiger partial charge in [0.2, 0.25) is 0 Å². The summed E-state index contributed by atoms with van der Waals surface area (Å²) in [5, 5.41) is 3.47. The molecule has 3 nitrogen and oxygen atoms in total. The Hall–Kier alpha value is -0.120. The van der Waals surface area contributed by atoms with Gasteiger partial charge in [-0.2, -0.15) is 0 Å². The van der Waals surface area contributed by atoms with Crippen LogP contribution in [0.3, 0.4) is 0 Å². The molecule has 0 aromatic carbocycles. The molecule has 0 aliphatic carbocycles. The van der Waals surface area contributed by atoms with Gasteiger partial charge >= 0.3 is 0 Å². The number of nitrogens with one attached hydrogen (secondary N) is 1. The summed E-state index contributed by atoms with van der Waals surface area (Å²) in [4.78, 5) is 2.56. The zero-order chi connectivity index (χ0) is 11.5. The van der Waals surface area contributed by atoms with Gasteiger partial charge in [-0.05, 0) is 34.1 Å². The highest BCUT2D eigenvalue weighted by molar-refractivity contribution is 4.83. The second-order valence-electron chi connectivity index (χ2n) is 5.37. The molecule has 1 rings (SSSR count). The van der Waals surface area contributed by atoms with Crippen molar-refractivity contribution in [3.63, 3.8) is 0 Å². The molecule has 1 aliphatic rings. The first-order valence-electron chi connectivity index (χ1n) is 5.97. The Morgan fingerprint density at radius 3 is 2.73 bits per heavy atom. The lowest BCUT2D eigenvalue weighted by Crippen LogP contribution is -2.53. The van der Waals surface area contributed by atoms with Crippen LogP contribution >= 0.6 is 0 Å². The highest BCUT2D eigenvalue weighted by Gasteiger charge is 2.26. The third-order valence-electron chi connectivity index (χ3n) is 3.36. The van der Waals surface area contributed by atoms with Gasteiger partial charge in [0, 0.05) is 38.8 Å². The molecule has 0 saturated carbocycles. The van der Waals surface area contributed by atoms with Crippen LogP contribution in [0.2, 0.25) is 0 Å². The molecule has 0 bridgehead atoms. The second kappa shape index (κ2) is 5.28. The fraction of sp³-hybridized carbons (Fsp3) is 1.00. The summed E-state index contributed by atoms with van der Waals surface area (Å²) in [5.41, 5.74) is -0.00642. The summed E-state index contributed by atoms with van der Waals surface area (Å²) in [6.45, 7) is 12.3. The van der Waals surface area contributed by atoms with Crippen molar-refractivity contribution in [2.45, 2.75) is 51.8 Å². The van der Waals surface area contributed by atoms with Crippen molar-refractivity contribution in [3.05, 3.63) is 0 Å². The van der Waals surface area contributed by atoms with Crippen molar-refractivity contribution < 1.29 is 4.74 Å². The minimum absolute atomic E-state index is 0.00642. The maximum atomic E-state index is 5.48. The molecule has 2 unspecified atom stereocenters. The number of ether oxygens (including phenoxy) is 1. The molecule has 1 aliphatic heterocycles. The second-order valence-corrected chi connectivity index (χ2v) is 5.37. The predicted octanol–water partition coefficient (Wildman–Crippen LogP) is 1.48. The van der Waals surface area contributed by atoms with Crippen LogP contribution < -0.4 is 5.32 Å². The fourth-order valence-electron chi connectivity index (χ4n) is 2.29. The van der Waals surface area contributed by atoms with E-state index in [1.165, 1.54) is 0 Å². The van der Waals surface area contributed by atoms with Gasteiger partial charge in [-0.25, -0.2) is 0 Å². The highest BCUT2D eigenvalue weighted by atomic mass is 16.5. The summed E-state index contributed by atoms with van der Waals surface area (Å²) in [5.74, 6) is 0.